The summed E-state index contributed by atoms with van der Waals surface area (Å²) >= 11 is 0. The molecule has 7 rings (SSSR count). The second-order valence-corrected chi connectivity index (χ2v) is 16.5. The predicted octanol–water partition coefficient (Wildman–Crippen LogP) is 8.48. The molecule has 4 heterocycles. The lowest BCUT2D eigenvalue weighted by Crippen LogP contribution is -2.53. The minimum Gasteiger partial charge on any atom is -0.488 e. The highest BCUT2D eigenvalue weighted by Crippen LogP contribution is 2.44. The van der Waals surface area contributed by atoms with E-state index in [2.05, 4.69) is 64.3 Å². The smallest absolute Gasteiger partial charge is 0.407 e. The van der Waals surface area contributed by atoms with Gasteiger partial charge in [-0.15, -0.1) is 6.58 Å². The molecule has 2 aliphatic rings. The first-order chi connectivity index (χ1) is 28.4. The highest BCUT2D eigenvalue weighted by Gasteiger charge is 2.39. The van der Waals surface area contributed by atoms with Crippen LogP contribution in [0.5, 0.6) is 5.75 Å². The number of methoxy groups -OCH3 is 2. The Morgan fingerprint density at radius 1 is 1.05 bits per heavy atom. The number of ether oxygens (including phenoxy) is 3. The molecule has 0 spiro atoms. The van der Waals surface area contributed by atoms with Crippen molar-refractivity contribution in [3.63, 3.8) is 0 Å². The van der Waals surface area contributed by atoms with Crippen molar-refractivity contribution in [1.29, 1.82) is 0 Å². The fourth-order valence-corrected chi connectivity index (χ4v) is 8.55. The van der Waals surface area contributed by atoms with E-state index in [1.807, 2.05) is 52.5 Å². The van der Waals surface area contributed by atoms with Gasteiger partial charge in [-0.05, 0) is 84.4 Å². The third-order valence-electron chi connectivity index (χ3n) is 12.1. The van der Waals surface area contributed by atoms with Gasteiger partial charge >= 0.3 is 6.09 Å². The summed E-state index contributed by atoms with van der Waals surface area (Å²) < 4.78 is 16.7. The molecule has 6 atom stereocenters. The van der Waals surface area contributed by atoms with E-state index in [4.69, 9.17) is 24.2 Å². The second-order valence-electron chi connectivity index (χ2n) is 16.5. The van der Waals surface area contributed by atoms with Crippen LogP contribution < -0.4 is 10.1 Å². The lowest BCUT2D eigenvalue weighted by molar-refractivity contribution is -0.138. The van der Waals surface area contributed by atoms with Gasteiger partial charge < -0.3 is 39.3 Å². The van der Waals surface area contributed by atoms with E-state index in [1.54, 1.807) is 18.2 Å². The summed E-state index contributed by atoms with van der Waals surface area (Å²) in [6.45, 7) is 17.1. The van der Waals surface area contributed by atoms with Crippen LogP contribution in [0.25, 0.3) is 44.2 Å². The van der Waals surface area contributed by atoms with Gasteiger partial charge in [-0.1, -0.05) is 58.9 Å². The van der Waals surface area contributed by atoms with E-state index < -0.39 is 18.2 Å². The molecular formula is C46H57N7O6. The van der Waals surface area contributed by atoms with Gasteiger partial charge in [-0.25, -0.2) is 14.8 Å². The maximum absolute atomic E-state index is 14.1. The second kappa shape index (κ2) is 17.3. The Morgan fingerprint density at radius 2 is 1.85 bits per heavy atom. The maximum Gasteiger partial charge on any atom is 0.407 e. The lowest BCUT2D eigenvalue weighted by Gasteiger charge is -2.34. The number of aromatic nitrogens is 4. The van der Waals surface area contributed by atoms with E-state index in [-0.39, 0.29) is 41.7 Å². The molecule has 3 N–H and O–H groups in total. The van der Waals surface area contributed by atoms with Crippen molar-refractivity contribution in [2.75, 3.05) is 27.4 Å². The van der Waals surface area contributed by atoms with Crippen LogP contribution in [0.3, 0.4) is 0 Å². The number of likely N-dealkylation sites (tertiary alicyclic amines) is 1. The summed E-state index contributed by atoms with van der Waals surface area (Å²) in [6, 6.07) is 13.4. The molecule has 5 aromatic rings. The van der Waals surface area contributed by atoms with Crippen molar-refractivity contribution in [2.24, 2.45) is 17.8 Å². The average molecular weight is 804 g/mol. The Morgan fingerprint density at radius 3 is 2.56 bits per heavy atom. The minimum atomic E-state index is -0.780. The molecule has 13 nitrogen and oxygen atoms in total. The van der Waals surface area contributed by atoms with Gasteiger partial charge in [0.1, 0.15) is 30.0 Å². The van der Waals surface area contributed by atoms with E-state index in [1.165, 1.54) is 7.11 Å². The first-order valence-corrected chi connectivity index (χ1v) is 20.7. The van der Waals surface area contributed by atoms with Crippen molar-refractivity contribution in [3.8, 4) is 28.1 Å². The maximum atomic E-state index is 14.1. The summed E-state index contributed by atoms with van der Waals surface area (Å²) in [5.41, 5.74) is 6.69. The SMILES string of the molecule is C=CC1CCC(c2nc3c(ccc4cc5c(cc43)OCc3cc(-c4cnc(C(C)N(CC(C)COC)C(=O)C(NC(=O)OC)C(C)C)[nH]4)ccc3-5)[nH]2)N1C(=O)C(C)CC. The van der Waals surface area contributed by atoms with E-state index in [0.29, 0.717) is 25.6 Å². The number of nitrogens with zero attached hydrogens (tertiary/aromatic N) is 4. The molecular weight excluding hydrogens is 747 g/mol. The number of hydrogen-bond donors (Lipinski definition) is 3. The standard InChI is InChI=1S/C46H57N7O6/c1-10-27(6)44(54)53-32(11-2)14-17-38(53)43-48-36-16-13-29-19-35-33-15-12-30(18-31(33)24-59-39(35)20-34(29)41(36)50-43)37-21-47-42(49-37)28(7)52(22-26(5)23-57-8)45(55)40(25(3)4)51-46(56)58-9/h11-13,15-16,18-21,25-28,32,38,40H,2,10,14,17,22-24H2,1,3-9H3,(H,47,49)(H,48,50)(H,51,56). The van der Waals surface area contributed by atoms with E-state index in [0.717, 1.165) is 80.6 Å². The topological polar surface area (TPSA) is 155 Å². The fraction of sp³-hybridized carbons (Fsp3) is 0.457. The first kappa shape index (κ1) is 41.5. The van der Waals surface area contributed by atoms with Crippen molar-refractivity contribution in [2.45, 2.75) is 91.6 Å². The highest BCUT2D eigenvalue weighted by molar-refractivity contribution is 6.07. The predicted molar refractivity (Wildman–Crippen MR) is 229 cm³/mol. The third-order valence-corrected chi connectivity index (χ3v) is 12.1. The van der Waals surface area contributed by atoms with Crippen molar-refractivity contribution in [1.82, 2.24) is 35.1 Å². The van der Waals surface area contributed by atoms with Crippen LogP contribution in [-0.4, -0.2) is 87.1 Å². The molecule has 6 unspecified atom stereocenters. The van der Waals surface area contributed by atoms with Gasteiger partial charge in [0.05, 0.1) is 54.8 Å². The molecule has 312 valence electrons. The zero-order valence-corrected chi connectivity index (χ0v) is 35.4. The summed E-state index contributed by atoms with van der Waals surface area (Å²) in [7, 11) is 2.92. The minimum absolute atomic E-state index is 0.00613. The van der Waals surface area contributed by atoms with Crippen LogP contribution in [0.1, 0.15) is 90.1 Å². The van der Waals surface area contributed by atoms with Crippen LogP contribution in [-0.2, 0) is 25.7 Å². The molecule has 0 aliphatic carbocycles. The summed E-state index contributed by atoms with van der Waals surface area (Å²) in [5.74, 6) is 1.94. The normalized spacial score (nSPS) is 18.2. The van der Waals surface area contributed by atoms with Crippen molar-refractivity contribution < 1.29 is 28.6 Å². The molecule has 59 heavy (non-hydrogen) atoms. The summed E-state index contributed by atoms with van der Waals surface area (Å²) in [4.78, 5) is 60.4. The lowest BCUT2D eigenvalue weighted by atomic mass is 9.92. The molecule has 1 saturated heterocycles. The van der Waals surface area contributed by atoms with Gasteiger partial charge in [0.15, 0.2) is 0 Å². The molecule has 13 heteroatoms. The zero-order chi connectivity index (χ0) is 42.1. The molecule has 2 aliphatic heterocycles. The Labute approximate surface area is 345 Å². The third kappa shape index (κ3) is 8.04. The van der Waals surface area contributed by atoms with E-state index in [9.17, 15) is 14.4 Å². The highest BCUT2D eigenvalue weighted by atomic mass is 16.5. The van der Waals surface area contributed by atoms with Crippen molar-refractivity contribution >= 4 is 39.7 Å². The number of amides is 3. The van der Waals surface area contributed by atoms with Crippen LogP contribution >= 0.6 is 0 Å². The number of rotatable bonds is 14. The van der Waals surface area contributed by atoms with Crippen LogP contribution in [0.2, 0.25) is 0 Å². The van der Waals surface area contributed by atoms with Gasteiger partial charge in [0.2, 0.25) is 11.8 Å². The number of nitrogens with one attached hydrogen (secondary N) is 3. The largest absolute Gasteiger partial charge is 0.488 e. The molecule has 2 aromatic heterocycles. The van der Waals surface area contributed by atoms with Crippen LogP contribution in [0.15, 0.2) is 61.3 Å². The molecule has 3 amide bonds. The molecule has 0 bridgehead atoms. The number of benzene rings is 3. The number of carbonyl (C=O) groups excluding carboxylic acids is 3. The molecule has 0 radical (unpaired) electrons. The fourth-order valence-electron chi connectivity index (χ4n) is 8.55. The Balaban J connectivity index is 1.15. The van der Waals surface area contributed by atoms with Gasteiger partial charge in [0.25, 0.3) is 0 Å². The molecule has 3 aromatic carbocycles. The van der Waals surface area contributed by atoms with E-state index >= 15 is 0 Å². The number of H-pyrrole nitrogens is 2. The first-order valence-electron chi connectivity index (χ1n) is 20.7. The number of carbonyl (C=O) groups is 3. The van der Waals surface area contributed by atoms with Crippen molar-refractivity contribution in [3.05, 3.63) is 78.5 Å². The number of imidazole rings is 2. The van der Waals surface area contributed by atoms with Gasteiger partial charge in [-0.2, -0.15) is 0 Å². The molecule has 0 saturated carbocycles. The average Bonchev–Trinajstić information content (AvgIpc) is 4.02. The Kier molecular flexibility index (Phi) is 12.1. The Bertz CT molecular complexity index is 2370. The van der Waals surface area contributed by atoms with Crippen LogP contribution in [0, 0.1) is 17.8 Å². The quantitative estimate of drug-likeness (QED) is 0.0945. The number of hydrogen-bond acceptors (Lipinski definition) is 8. The van der Waals surface area contributed by atoms with Gasteiger partial charge in [-0.3, -0.25) is 9.59 Å². The zero-order valence-electron chi connectivity index (χ0n) is 35.4. The molecule has 1 fully saturated rings. The Hall–Kier alpha value is -5.69. The van der Waals surface area contributed by atoms with Crippen LogP contribution in [0.4, 0.5) is 4.79 Å². The number of aromatic amines is 2. The summed E-state index contributed by atoms with van der Waals surface area (Å²) in [6.07, 6.45) is 5.50. The number of fused-ring (bicyclic) bond motifs is 6. The summed E-state index contributed by atoms with van der Waals surface area (Å²) in [5, 5.41) is 4.76. The van der Waals surface area contributed by atoms with Gasteiger partial charge in [0, 0.05) is 30.5 Å². The monoisotopic (exact) mass is 803 g/mol. The number of alkyl carbamates (subject to hydrolysis) is 1.